The van der Waals surface area contributed by atoms with Crippen LogP contribution in [-0.4, -0.2) is 34.8 Å². The molecular weight excluding hydrogens is 268 g/mol. The highest BCUT2D eigenvalue weighted by atomic mass is 16.5. The van der Waals surface area contributed by atoms with Crippen molar-refractivity contribution >= 4 is 0 Å². The maximum absolute atomic E-state index is 5.70. The van der Waals surface area contributed by atoms with Gasteiger partial charge in [0.2, 0.25) is 0 Å². The van der Waals surface area contributed by atoms with Crippen LogP contribution >= 0.6 is 0 Å². The van der Waals surface area contributed by atoms with Crippen LogP contribution < -0.4 is 15.2 Å². The van der Waals surface area contributed by atoms with E-state index in [1.165, 1.54) is 0 Å². The van der Waals surface area contributed by atoms with Crippen molar-refractivity contribution in [3.8, 4) is 17.2 Å². The van der Waals surface area contributed by atoms with Crippen LogP contribution in [-0.2, 0) is 6.42 Å². The highest BCUT2D eigenvalue weighted by molar-refractivity contribution is 5.48. The van der Waals surface area contributed by atoms with Crippen LogP contribution in [0.25, 0.3) is 5.69 Å². The zero-order chi connectivity index (χ0) is 14.5. The van der Waals surface area contributed by atoms with Gasteiger partial charge in [-0.25, -0.2) is 4.68 Å². The number of fused-ring (bicyclic) bond motifs is 1. The molecule has 0 fully saturated rings. The number of aromatic nitrogens is 3. The van der Waals surface area contributed by atoms with Crippen molar-refractivity contribution < 1.29 is 9.47 Å². The monoisotopic (exact) mass is 288 g/mol. The number of nitrogens with zero attached hydrogens (tertiary/aromatic N) is 3. The van der Waals surface area contributed by atoms with Gasteiger partial charge in [-0.15, -0.1) is 5.10 Å². The Labute approximate surface area is 123 Å². The molecular formula is C15H20N4O2. The lowest BCUT2D eigenvalue weighted by Crippen LogP contribution is -1.99. The molecule has 0 spiro atoms. The van der Waals surface area contributed by atoms with E-state index in [9.17, 15) is 0 Å². The molecule has 6 nitrogen and oxygen atoms in total. The maximum atomic E-state index is 5.70. The standard InChI is InChI=1S/C15H20N4O2/c16-7-2-1-4-12-11-19(18-17-12)13-5-6-14-15(10-13)21-9-3-8-20-14/h5-6,10-11H,1-4,7-9,16H2. The Morgan fingerprint density at radius 3 is 2.86 bits per heavy atom. The molecule has 0 saturated heterocycles. The van der Waals surface area contributed by atoms with Gasteiger partial charge in [-0.2, -0.15) is 0 Å². The van der Waals surface area contributed by atoms with Gasteiger partial charge in [0.25, 0.3) is 0 Å². The van der Waals surface area contributed by atoms with Crippen LogP contribution in [0.15, 0.2) is 24.4 Å². The van der Waals surface area contributed by atoms with Crippen LogP contribution in [0.3, 0.4) is 0 Å². The fraction of sp³-hybridized carbons (Fsp3) is 0.467. The third kappa shape index (κ3) is 3.33. The highest BCUT2D eigenvalue weighted by Crippen LogP contribution is 2.31. The predicted octanol–water partition coefficient (Wildman–Crippen LogP) is 1.71. The fourth-order valence-electron chi connectivity index (χ4n) is 2.28. The number of ether oxygens (including phenoxy) is 2. The lowest BCUT2D eigenvalue weighted by atomic mass is 10.2. The summed E-state index contributed by atoms with van der Waals surface area (Å²) in [6.45, 7) is 2.09. The van der Waals surface area contributed by atoms with E-state index >= 15 is 0 Å². The molecule has 3 rings (SSSR count). The summed E-state index contributed by atoms with van der Waals surface area (Å²) in [6, 6.07) is 5.83. The van der Waals surface area contributed by atoms with Gasteiger partial charge in [0, 0.05) is 12.5 Å². The molecule has 21 heavy (non-hydrogen) atoms. The summed E-state index contributed by atoms with van der Waals surface area (Å²) in [6.07, 6.45) is 5.81. The summed E-state index contributed by atoms with van der Waals surface area (Å²) in [5.41, 5.74) is 7.41. The summed E-state index contributed by atoms with van der Waals surface area (Å²) in [7, 11) is 0. The summed E-state index contributed by atoms with van der Waals surface area (Å²) >= 11 is 0. The van der Waals surface area contributed by atoms with Gasteiger partial charge in [0.1, 0.15) is 0 Å². The van der Waals surface area contributed by atoms with Crippen molar-refractivity contribution in [2.45, 2.75) is 25.7 Å². The minimum Gasteiger partial charge on any atom is -0.490 e. The van der Waals surface area contributed by atoms with E-state index in [1.54, 1.807) is 4.68 Å². The van der Waals surface area contributed by atoms with Crippen LogP contribution in [0.5, 0.6) is 11.5 Å². The molecule has 2 aromatic rings. The Kier molecular flexibility index (Phi) is 4.35. The number of unbranched alkanes of at least 4 members (excludes halogenated alkanes) is 1. The first-order valence-electron chi connectivity index (χ1n) is 7.38. The normalized spacial score (nSPS) is 14.0. The van der Waals surface area contributed by atoms with Crippen molar-refractivity contribution in [3.05, 3.63) is 30.1 Å². The summed E-state index contributed by atoms with van der Waals surface area (Å²) in [4.78, 5) is 0. The molecule has 0 atom stereocenters. The Morgan fingerprint density at radius 1 is 1.14 bits per heavy atom. The van der Waals surface area contributed by atoms with E-state index in [0.29, 0.717) is 13.2 Å². The van der Waals surface area contributed by atoms with E-state index in [2.05, 4.69) is 10.3 Å². The van der Waals surface area contributed by atoms with E-state index in [1.807, 2.05) is 24.4 Å². The van der Waals surface area contributed by atoms with Gasteiger partial charge in [-0.3, -0.25) is 0 Å². The summed E-state index contributed by atoms with van der Waals surface area (Å²) in [5, 5.41) is 8.37. The van der Waals surface area contributed by atoms with Crippen molar-refractivity contribution in [1.29, 1.82) is 0 Å². The SMILES string of the molecule is NCCCCc1cn(-c2ccc3c(c2)OCCCO3)nn1. The Bertz CT molecular complexity index is 597. The Hall–Kier alpha value is -2.08. The first-order chi connectivity index (χ1) is 10.4. The third-order valence-corrected chi connectivity index (χ3v) is 3.42. The molecule has 0 saturated carbocycles. The highest BCUT2D eigenvalue weighted by Gasteiger charge is 2.12. The lowest BCUT2D eigenvalue weighted by Gasteiger charge is -2.08. The zero-order valence-corrected chi connectivity index (χ0v) is 12.0. The van der Waals surface area contributed by atoms with Crippen molar-refractivity contribution in [1.82, 2.24) is 15.0 Å². The van der Waals surface area contributed by atoms with Gasteiger partial charge in [0.05, 0.1) is 30.8 Å². The molecule has 0 aliphatic carbocycles. The van der Waals surface area contributed by atoms with Crippen LogP contribution in [0.2, 0.25) is 0 Å². The number of nitrogens with two attached hydrogens (primary N) is 1. The number of rotatable bonds is 5. The first-order valence-corrected chi connectivity index (χ1v) is 7.38. The second-order valence-electron chi connectivity index (χ2n) is 5.08. The minimum absolute atomic E-state index is 0.679. The zero-order valence-electron chi connectivity index (χ0n) is 12.0. The molecule has 0 bridgehead atoms. The van der Waals surface area contributed by atoms with Gasteiger partial charge >= 0.3 is 0 Å². The summed E-state index contributed by atoms with van der Waals surface area (Å²) < 4.78 is 13.1. The second kappa shape index (κ2) is 6.58. The number of hydrogen-bond acceptors (Lipinski definition) is 5. The number of aryl methyl sites for hydroxylation is 1. The first kappa shape index (κ1) is 13.9. The number of benzene rings is 1. The molecule has 1 aromatic carbocycles. The minimum atomic E-state index is 0.679. The maximum Gasteiger partial charge on any atom is 0.163 e. The van der Waals surface area contributed by atoms with E-state index < -0.39 is 0 Å². The molecule has 2 heterocycles. The van der Waals surface area contributed by atoms with E-state index in [4.69, 9.17) is 15.2 Å². The van der Waals surface area contributed by atoms with Crippen LogP contribution in [0, 0.1) is 0 Å². The average molecular weight is 288 g/mol. The summed E-state index contributed by atoms with van der Waals surface area (Å²) in [5.74, 6) is 1.56. The smallest absolute Gasteiger partial charge is 0.163 e. The molecule has 2 N–H and O–H groups in total. The molecule has 6 heteroatoms. The average Bonchev–Trinajstić information content (AvgIpc) is 2.85. The van der Waals surface area contributed by atoms with E-state index in [-0.39, 0.29) is 0 Å². The van der Waals surface area contributed by atoms with Crippen molar-refractivity contribution in [2.75, 3.05) is 19.8 Å². The quantitative estimate of drug-likeness (QED) is 0.848. The molecule has 1 aliphatic rings. The largest absolute Gasteiger partial charge is 0.490 e. The molecule has 1 aromatic heterocycles. The molecule has 0 unspecified atom stereocenters. The number of hydrogen-bond donors (Lipinski definition) is 1. The van der Waals surface area contributed by atoms with Gasteiger partial charge in [-0.05, 0) is 37.9 Å². The van der Waals surface area contributed by atoms with Gasteiger partial charge in [-0.1, -0.05) is 5.21 Å². The second-order valence-corrected chi connectivity index (χ2v) is 5.08. The Morgan fingerprint density at radius 2 is 2.00 bits per heavy atom. The van der Waals surface area contributed by atoms with Gasteiger partial charge < -0.3 is 15.2 Å². The van der Waals surface area contributed by atoms with Crippen molar-refractivity contribution in [3.63, 3.8) is 0 Å². The third-order valence-electron chi connectivity index (χ3n) is 3.42. The van der Waals surface area contributed by atoms with Crippen LogP contribution in [0.1, 0.15) is 25.0 Å². The van der Waals surface area contributed by atoms with Crippen LogP contribution in [0.4, 0.5) is 0 Å². The molecule has 1 aliphatic heterocycles. The fourth-order valence-corrected chi connectivity index (χ4v) is 2.28. The Balaban J connectivity index is 1.76. The van der Waals surface area contributed by atoms with Crippen molar-refractivity contribution in [2.24, 2.45) is 5.73 Å². The molecule has 112 valence electrons. The van der Waals surface area contributed by atoms with Gasteiger partial charge in [0.15, 0.2) is 11.5 Å². The molecule has 0 radical (unpaired) electrons. The lowest BCUT2D eigenvalue weighted by molar-refractivity contribution is 0.297. The topological polar surface area (TPSA) is 75.2 Å². The van der Waals surface area contributed by atoms with E-state index in [0.717, 1.165) is 55.1 Å². The molecule has 0 amide bonds. The predicted molar refractivity (Wildman–Crippen MR) is 79.0 cm³/mol.